The van der Waals surface area contributed by atoms with Crippen molar-refractivity contribution in [1.29, 1.82) is 0 Å². The lowest BCUT2D eigenvalue weighted by molar-refractivity contribution is -0.142. The number of nitrogens with one attached hydrogen (secondary N) is 1. The molecule has 0 aliphatic carbocycles. The maximum absolute atomic E-state index is 14.9. The van der Waals surface area contributed by atoms with Crippen molar-refractivity contribution in [2.24, 2.45) is 0 Å². The van der Waals surface area contributed by atoms with Crippen molar-refractivity contribution in [2.75, 3.05) is 25.5 Å². The highest BCUT2D eigenvalue weighted by molar-refractivity contribution is 5.89. The van der Waals surface area contributed by atoms with E-state index in [1.807, 2.05) is 0 Å². The summed E-state index contributed by atoms with van der Waals surface area (Å²) in [6, 6.07) is 5.16. The maximum atomic E-state index is 14.9. The molecule has 10 nitrogen and oxygen atoms in total. The van der Waals surface area contributed by atoms with E-state index in [-0.39, 0.29) is 47.5 Å². The van der Waals surface area contributed by atoms with E-state index in [4.69, 9.17) is 10.2 Å². The van der Waals surface area contributed by atoms with Gasteiger partial charge in [0.1, 0.15) is 23.7 Å². The summed E-state index contributed by atoms with van der Waals surface area (Å²) in [5.41, 5.74) is 1.48. The fourth-order valence-electron chi connectivity index (χ4n) is 4.18. The van der Waals surface area contributed by atoms with Crippen LogP contribution in [0.3, 0.4) is 0 Å². The summed E-state index contributed by atoms with van der Waals surface area (Å²) in [6.07, 6.45) is -6.15. The van der Waals surface area contributed by atoms with Gasteiger partial charge < -0.3 is 15.0 Å². The second kappa shape index (κ2) is 8.91. The van der Waals surface area contributed by atoms with Crippen molar-refractivity contribution in [3.05, 3.63) is 30.4 Å². The number of alkyl halides is 4. The van der Waals surface area contributed by atoms with Crippen LogP contribution in [0.5, 0.6) is 5.88 Å². The van der Waals surface area contributed by atoms with Crippen LogP contribution in [0.2, 0.25) is 0 Å². The van der Waals surface area contributed by atoms with Crippen molar-refractivity contribution < 1.29 is 32.6 Å². The van der Waals surface area contributed by atoms with Gasteiger partial charge in [-0.25, -0.2) is 13.6 Å². The van der Waals surface area contributed by atoms with Gasteiger partial charge in [-0.15, -0.1) is 10.2 Å². The average molecular weight is 510 g/mol. The van der Waals surface area contributed by atoms with Gasteiger partial charge in [0.25, 0.3) is 0 Å². The molecule has 190 valence electrons. The van der Waals surface area contributed by atoms with E-state index in [9.17, 15) is 22.4 Å². The van der Waals surface area contributed by atoms with Crippen molar-refractivity contribution in [2.45, 2.75) is 38.2 Å². The van der Waals surface area contributed by atoms with E-state index in [1.165, 1.54) is 29.8 Å². The van der Waals surface area contributed by atoms with Gasteiger partial charge in [-0.05, 0) is 30.2 Å². The third-order valence-electron chi connectivity index (χ3n) is 5.89. The highest BCUT2D eigenvalue weighted by atomic mass is 19.4. The molecule has 1 aliphatic rings. The van der Waals surface area contributed by atoms with Gasteiger partial charge in [0.05, 0.1) is 26.6 Å². The molecule has 1 N–H and O–H groups in total. The molecular formula is C22H22F4N8O2. The summed E-state index contributed by atoms with van der Waals surface area (Å²) in [7, 11) is 1.33. The molecule has 1 saturated heterocycles. The zero-order valence-corrected chi connectivity index (χ0v) is 18.8. The molecule has 1 aromatic carbocycles. The Morgan fingerprint density at radius 3 is 2.92 bits per heavy atom. The molecule has 0 radical (unpaired) electrons. The van der Waals surface area contributed by atoms with Crippen LogP contribution in [-0.4, -0.2) is 79.0 Å². The number of fused-ring (bicyclic) bond motifs is 2. The minimum Gasteiger partial charge on any atom is -0.479 e. The van der Waals surface area contributed by atoms with Crippen LogP contribution in [0.25, 0.3) is 27.7 Å². The molecule has 1 fully saturated rings. The average Bonchev–Trinajstić information content (AvgIpc) is 3.43. The van der Waals surface area contributed by atoms with Gasteiger partial charge in [-0.1, -0.05) is 11.3 Å². The van der Waals surface area contributed by atoms with Gasteiger partial charge in [-0.3, -0.25) is 4.79 Å². The molecule has 4 aromatic rings. The number of carbonyl (C=O) groups is 1. The van der Waals surface area contributed by atoms with Crippen molar-refractivity contribution in [3.63, 3.8) is 0 Å². The number of anilines is 1. The van der Waals surface area contributed by atoms with Crippen LogP contribution in [0, 0.1) is 0 Å². The Hall–Kier alpha value is -3.97. The van der Waals surface area contributed by atoms with Gasteiger partial charge in [-0.2, -0.15) is 18.2 Å². The highest BCUT2D eigenvalue weighted by Crippen LogP contribution is 2.33. The lowest BCUT2D eigenvalue weighted by atomic mass is 10.0. The zero-order valence-electron chi connectivity index (χ0n) is 22.8. The molecule has 5 rings (SSSR count). The number of likely N-dealkylation sites (tertiary alicyclic amines) is 1. The molecule has 2 atom stereocenters. The number of carbonyl (C=O) groups excluding carboxylic acids is 1. The monoisotopic (exact) mass is 510 g/mol. The van der Waals surface area contributed by atoms with Gasteiger partial charge in [0.15, 0.2) is 0 Å². The summed E-state index contributed by atoms with van der Waals surface area (Å²) >= 11 is 0. The SMILES string of the molecule is [2H]c1cc(-c2ccc3nnn(CC(F)(F)F)c3c2)c2c(OC)nc(N[C@H]3CCN(C(=O)C([2H])([2H])[2H])C[C@H]3F)nn12. The summed E-state index contributed by atoms with van der Waals surface area (Å²) in [4.78, 5) is 17.3. The fourth-order valence-corrected chi connectivity index (χ4v) is 4.18. The number of amides is 1. The Morgan fingerprint density at radius 2 is 2.19 bits per heavy atom. The Balaban J connectivity index is 1.45. The van der Waals surface area contributed by atoms with Gasteiger partial charge in [0, 0.05) is 29.2 Å². The van der Waals surface area contributed by atoms with E-state index in [2.05, 4.69) is 25.7 Å². The molecule has 1 amide bonds. The van der Waals surface area contributed by atoms with Gasteiger partial charge in [0.2, 0.25) is 17.7 Å². The third kappa shape index (κ3) is 4.50. The standard InChI is InChI=1S/C22H22F4N8O2/c1-12(35)32-7-6-16(15(23)10-32)27-21-28-20(36-2)19-14(5-8-33(19)30-21)13-3-4-17-18(9-13)34(31-29-17)11-22(24,25)26/h3-5,8-9,15-16H,6-7,10-11H2,1-2H3,(H,27,30)/t15-,16+/m1/s1/i1D3,8D. The topological polar surface area (TPSA) is 102 Å². The summed E-state index contributed by atoms with van der Waals surface area (Å²) in [5, 5.41) is 14.5. The van der Waals surface area contributed by atoms with Crippen LogP contribution in [0.4, 0.5) is 23.5 Å². The number of aromatic nitrogens is 6. The largest absolute Gasteiger partial charge is 0.479 e. The van der Waals surface area contributed by atoms with Crippen molar-refractivity contribution in [1.82, 2.24) is 34.5 Å². The first kappa shape index (κ1) is 19.2. The molecule has 36 heavy (non-hydrogen) atoms. The highest BCUT2D eigenvalue weighted by Gasteiger charge is 2.32. The lowest BCUT2D eigenvalue weighted by Gasteiger charge is -2.34. The van der Waals surface area contributed by atoms with Crippen LogP contribution in [0.1, 0.15) is 18.8 Å². The van der Waals surface area contributed by atoms with E-state index >= 15 is 0 Å². The zero-order chi connectivity index (χ0) is 29.0. The van der Waals surface area contributed by atoms with Crippen LogP contribution < -0.4 is 10.1 Å². The lowest BCUT2D eigenvalue weighted by Crippen LogP contribution is -2.49. The first-order valence-electron chi connectivity index (χ1n) is 12.8. The number of benzene rings is 1. The number of nitrogens with zero attached hydrogens (tertiary/aromatic N) is 7. The maximum Gasteiger partial charge on any atom is 0.408 e. The molecule has 0 spiro atoms. The number of hydrogen-bond acceptors (Lipinski definition) is 7. The summed E-state index contributed by atoms with van der Waals surface area (Å²) in [6.45, 7) is -4.60. The number of ether oxygens (including phenoxy) is 1. The quantitative estimate of drug-likeness (QED) is 0.412. The first-order valence-corrected chi connectivity index (χ1v) is 10.8. The molecule has 0 unspecified atom stereocenters. The van der Waals surface area contributed by atoms with E-state index in [0.29, 0.717) is 11.1 Å². The number of halogens is 4. The second-order valence-electron chi connectivity index (χ2n) is 8.26. The molecule has 14 heteroatoms. The number of rotatable bonds is 5. The molecular weight excluding hydrogens is 484 g/mol. The Labute approximate surface area is 207 Å². The van der Waals surface area contributed by atoms with Crippen LogP contribution in [0.15, 0.2) is 30.4 Å². The fraction of sp³-hybridized carbons (Fsp3) is 0.409. The van der Waals surface area contributed by atoms with Gasteiger partial charge >= 0.3 is 6.18 Å². The Bertz CT molecular complexity index is 1590. The summed E-state index contributed by atoms with van der Waals surface area (Å²) in [5.74, 6) is -1.19. The number of methoxy groups -OCH3 is 1. The second-order valence-corrected chi connectivity index (χ2v) is 8.26. The minimum absolute atomic E-state index is 0.00824. The van der Waals surface area contributed by atoms with E-state index in [1.54, 1.807) is 6.07 Å². The van der Waals surface area contributed by atoms with E-state index < -0.39 is 44.2 Å². The number of hydrogen-bond donors (Lipinski definition) is 1. The normalized spacial score (nSPS) is 20.6. The minimum atomic E-state index is -4.51. The predicted octanol–water partition coefficient (Wildman–Crippen LogP) is 3.08. The van der Waals surface area contributed by atoms with Crippen molar-refractivity contribution >= 4 is 28.4 Å². The number of piperidine rings is 1. The molecule has 3 aromatic heterocycles. The third-order valence-corrected chi connectivity index (χ3v) is 5.89. The van der Waals surface area contributed by atoms with E-state index in [0.717, 1.165) is 9.58 Å². The van der Waals surface area contributed by atoms with Crippen LogP contribution in [-0.2, 0) is 11.3 Å². The van der Waals surface area contributed by atoms with Crippen LogP contribution >= 0.6 is 0 Å². The Morgan fingerprint density at radius 1 is 1.36 bits per heavy atom. The molecule has 0 saturated carbocycles. The van der Waals surface area contributed by atoms with Crippen molar-refractivity contribution in [3.8, 4) is 17.0 Å². The first-order chi connectivity index (χ1) is 18.7. The molecule has 1 aliphatic heterocycles. The Kier molecular flexibility index (Phi) is 4.77. The smallest absolute Gasteiger partial charge is 0.408 e. The molecule has 4 heterocycles. The summed E-state index contributed by atoms with van der Waals surface area (Å²) < 4.78 is 91.4. The predicted molar refractivity (Wildman–Crippen MR) is 121 cm³/mol. The molecule has 0 bridgehead atoms.